The highest BCUT2D eigenvalue weighted by atomic mass is 35.5. The number of hydrogen-bond donors (Lipinski definition) is 0. The third kappa shape index (κ3) is 3.57. The number of rotatable bonds is 3. The SMILES string of the molecule is Cc1c(-c2nc(-c3cccc(C(F)(F)F)c3)no2)sc2nc(-c3ccc(Cl)cc3)nn12. The lowest BCUT2D eigenvalue weighted by Crippen LogP contribution is -2.04. The monoisotopic (exact) mass is 461 g/mol. The Labute approximate surface area is 181 Å². The number of nitrogens with zero attached hydrogens (tertiary/aromatic N) is 5. The zero-order chi connectivity index (χ0) is 21.8. The lowest BCUT2D eigenvalue weighted by Gasteiger charge is -2.06. The van der Waals surface area contributed by atoms with Gasteiger partial charge in [-0.3, -0.25) is 0 Å². The van der Waals surface area contributed by atoms with Gasteiger partial charge in [0.2, 0.25) is 10.8 Å². The van der Waals surface area contributed by atoms with Gasteiger partial charge in [0.25, 0.3) is 5.89 Å². The van der Waals surface area contributed by atoms with E-state index in [1.165, 1.54) is 23.5 Å². The van der Waals surface area contributed by atoms with Gasteiger partial charge in [-0.25, -0.2) is 4.52 Å². The standard InChI is InChI=1S/C20H11ClF3N5OS/c1-10-15(31-19-26-16(27-29(10)19)11-5-7-14(21)8-6-11)18-25-17(28-30-18)12-3-2-4-13(9-12)20(22,23)24/h2-9H,1H3. The Morgan fingerprint density at radius 1 is 1.00 bits per heavy atom. The van der Waals surface area contributed by atoms with Crippen LogP contribution in [-0.4, -0.2) is 24.7 Å². The second-order valence-electron chi connectivity index (χ2n) is 6.65. The quantitative estimate of drug-likeness (QED) is 0.322. The van der Waals surface area contributed by atoms with Crippen molar-refractivity contribution >= 4 is 27.9 Å². The van der Waals surface area contributed by atoms with E-state index in [9.17, 15) is 13.2 Å². The molecule has 0 aliphatic heterocycles. The van der Waals surface area contributed by atoms with Crippen LogP contribution >= 0.6 is 22.9 Å². The third-order valence-electron chi connectivity index (χ3n) is 4.59. The maximum absolute atomic E-state index is 13.0. The lowest BCUT2D eigenvalue weighted by atomic mass is 10.1. The number of aromatic nitrogens is 5. The Morgan fingerprint density at radius 3 is 2.48 bits per heavy atom. The highest BCUT2D eigenvalue weighted by Gasteiger charge is 2.31. The van der Waals surface area contributed by atoms with Crippen LogP contribution in [0.2, 0.25) is 5.02 Å². The fourth-order valence-electron chi connectivity index (χ4n) is 3.03. The van der Waals surface area contributed by atoms with E-state index in [4.69, 9.17) is 16.1 Å². The van der Waals surface area contributed by atoms with Crippen molar-refractivity contribution in [3.63, 3.8) is 0 Å². The number of thiazole rings is 1. The van der Waals surface area contributed by atoms with Crippen LogP contribution in [-0.2, 0) is 6.18 Å². The van der Waals surface area contributed by atoms with Crippen LogP contribution in [0.15, 0.2) is 53.1 Å². The number of benzene rings is 2. The Morgan fingerprint density at radius 2 is 1.77 bits per heavy atom. The van der Waals surface area contributed by atoms with E-state index in [0.717, 1.165) is 23.4 Å². The predicted molar refractivity (Wildman–Crippen MR) is 110 cm³/mol. The molecule has 3 heterocycles. The molecule has 31 heavy (non-hydrogen) atoms. The minimum atomic E-state index is -4.45. The van der Waals surface area contributed by atoms with Crippen molar-refractivity contribution in [3.8, 4) is 33.5 Å². The smallest absolute Gasteiger partial charge is 0.333 e. The van der Waals surface area contributed by atoms with E-state index in [1.54, 1.807) is 16.6 Å². The molecule has 0 N–H and O–H groups in total. The third-order valence-corrected chi connectivity index (χ3v) is 5.96. The summed E-state index contributed by atoms with van der Waals surface area (Å²) < 4.78 is 45.9. The van der Waals surface area contributed by atoms with Crippen LogP contribution in [0.5, 0.6) is 0 Å². The Hall–Kier alpha value is -3.24. The average Bonchev–Trinajstić information content (AvgIpc) is 3.44. The van der Waals surface area contributed by atoms with Gasteiger partial charge in [0, 0.05) is 16.1 Å². The lowest BCUT2D eigenvalue weighted by molar-refractivity contribution is -0.137. The molecule has 0 unspecified atom stereocenters. The Balaban J connectivity index is 1.50. The summed E-state index contributed by atoms with van der Waals surface area (Å²) in [4.78, 5) is 10.1. The largest absolute Gasteiger partial charge is 0.416 e. The highest BCUT2D eigenvalue weighted by Crippen LogP contribution is 2.35. The molecule has 0 fully saturated rings. The number of fused-ring (bicyclic) bond motifs is 1. The minimum Gasteiger partial charge on any atom is -0.333 e. The van der Waals surface area contributed by atoms with Gasteiger partial charge in [-0.15, -0.1) is 5.10 Å². The predicted octanol–water partition coefficient (Wildman–Crippen LogP) is 6.16. The molecular formula is C20H11ClF3N5OS. The van der Waals surface area contributed by atoms with Crippen molar-refractivity contribution in [1.82, 2.24) is 24.7 Å². The average molecular weight is 462 g/mol. The first-order valence-electron chi connectivity index (χ1n) is 8.93. The van der Waals surface area contributed by atoms with Crippen LogP contribution in [0.4, 0.5) is 13.2 Å². The number of hydrogen-bond acceptors (Lipinski definition) is 6. The first-order chi connectivity index (χ1) is 14.8. The van der Waals surface area contributed by atoms with Crippen molar-refractivity contribution in [2.24, 2.45) is 0 Å². The summed E-state index contributed by atoms with van der Waals surface area (Å²) in [6.07, 6.45) is -4.45. The van der Waals surface area contributed by atoms with Crippen molar-refractivity contribution in [2.45, 2.75) is 13.1 Å². The fraction of sp³-hybridized carbons (Fsp3) is 0.100. The summed E-state index contributed by atoms with van der Waals surface area (Å²) in [6, 6.07) is 12.0. The normalized spacial score (nSPS) is 12.0. The fourth-order valence-corrected chi connectivity index (χ4v) is 4.14. The minimum absolute atomic E-state index is 0.0707. The van der Waals surface area contributed by atoms with E-state index in [0.29, 0.717) is 20.7 Å². The van der Waals surface area contributed by atoms with Gasteiger partial charge in [-0.05, 0) is 43.3 Å². The van der Waals surface area contributed by atoms with Gasteiger partial charge in [0.15, 0.2) is 5.82 Å². The van der Waals surface area contributed by atoms with Gasteiger partial charge in [-0.1, -0.05) is 40.2 Å². The summed E-state index contributed by atoms with van der Waals surface area (Å²) >= 11 is 7.22. The molecule has 0 aliphatic carbocycles. The molecule has 0 radical (unpaired) electrons. The van der Waals surface area contributed by atoms with Crippen molar-refractivity contribution < 1.29 is 17.7 Å². The summed E-state index contributed by atoms with van der Waals surface area (Å²) in [5, 5.41) is 8.99. The van der Waals surface area contributed by atoms with Crippen LogP contribution in [0, 0.1) is 6.92 Å². The van der Waals surface area contributed by atoms with Crippen LogP contribution in [0.25, 0.3) is 38.5 Å². The molecular weight excluding hydrogens is 451 g/mol. The molecule has 0 saturated heterocycles. The number of alkyl halides is 3. The van der Waals surface area contributed by atoms with Crippen LogP contribution < -0.4 is 0 Å². The number of halogens is 4. The van der Waals surface area contributed by atoms with E-state index in [2.05, 4.69) is 20.2 Å². The molecule has 0 aliphatic rings. The second-order valence-corrected chi connectivity index (χ2v) is 8.07. The Kier molecular flexibility index (Phi) is 4.56. The Bertz CT molecular complexity index is 1400. The molecule has 5 aromatic rings. The summed E-state index contributed by atoms with van der Waals surface area (Å²) in [5.74, 6) is 0.810. The molecule has 5 rings (SSSR count). The van der Waals surface area contributed by atoms with E-state index < -0.39 is 11.7 Å². The molecule has 0 atom stereocenters. The molecule has 3 aromatic heterocycles. The molecule has 156 valence electrons. The van der Waals surface area contributed by atoms with Crippen molar-refractivity contribution in [3.05, 3.63) is 64.8 Å². The molecule has 11 heteroatoms. The molecule has 0 saturated carbocycles. The second kappa shape index (κ2) is 7.17. The zero-order valence-electron chi connectivity index (χ0n) is 15.7. The molecule has 2 aromatic carbocycles. The molecule has 6 nitrogen and oxygen atoms in total. The van der Waals surface area contributed by atoms with Gasteiger partial charge in [-0.2, -0.15) is 23.1 Å². The molecule has 0 amide bonds. The van der Waals surface area contributed by atoms with Crippen molar-refractivity contribution in [2.75, 3.05) is 0 Å². The maximum Gasteiger partial charge on any atom is 0.416 e. The van der Waals surface area contributed by atoms with Gasteiger partial charge < -0.3 is 4.52 Å². The van der Waals surface area contributed by atoms with Crippen molar-refractivity contribution in [1.29, 1.82) is 0 Å². The highest BCUT2D eigenvalue weighted by molar-refractivity contribution is 7.20. The van der Waals surface area contributed by atoms with Gasteiger partial charge in [0.1, 0.15) is 4.88 Å². The topological polar surface area (TPSA) is 69.1 Å². The number of aryl methyl sites for hydroxylation is 1. The van der Waals surface area contributed by atoms with Gasteiger partial charge >= 0.3 is 6.18 Å². The zero-order valence-corrected chi connectivity index (χ0v) is 17.3. The van der Waals surface area contributed by atoms with Gasteiger partial charge in [0.05, 0.1) is 11.3 Å². The van der Waals surface area contributed by atoms with E-state index in [-0.39, 0.29) is 17.3 Å². The molecule has 0 spiro atoms. The molecule has 0 bridgehead atoms. The van der Waals surface area contributed by atoms with Crippen LogP contribution in [0.3, 0.4) is 0 Å². The first-order valence-corrected chi connectivity index (χ1v) is 10.1. The summed E-state index contributed by atoms with van der Waals surface area (Å²) in [7, 11) is 0. The maximum atomic E-state index is 13.0. The van der Waals surface area contributed by atoms with E-state index in [1.807, 2.05) is 19.1 Å². The van der Waals surface area contributed by atoms with Crippen LogP contribution in [0.1, 0.15) is 11.3 Å². The summed E-state index contributed by atoms with van der Waals surface area (Å²) in [6.45, 7) is 1.83. The summed E-state index contributed by atoms with van der Waals surface area (Å²) in [5.41, 5.74) is 0.992. The van der Waals surface area contributed by atoms with E-state index >= 15 is 0 Å². The first kappa shape index (κ1) is 19.7.